The second-order valence-corrected chi connectivity index (χ2v) is 10.1. The molecule has 1 N–H and O–H groups in total. The molecule has 3 amide bonds. The first kappa shape index (κ1) is 22.8. The molecule has 0 unspecified atom stereocenters. The number of fused-ring (bicyclic) bond motifs is 5. The van der Waals surface area contributed by atoms with E-state index in [0.29, 0.717) is 16.4 Å². The minimum absolute atomic E-state index is 0.129. The van der Waals surface area contributed by atoms with Gasteiger partial charge in [0.25, 0.3) is 5.91 Å². The summed E-state index contributed by atoms with van der Waals surface area (Å²) < 4.78 is 5.85. The van der Waals surface area contributed by atoms with E-state index in [4.69, 9.17) is 16.3 Å². The summed E-state index contributed by atoms with van der Waals surface area (Å²) in [5.41, 5.74) is 2.23. The standard InChI is InChI=1S/C25H20BrClN2O5/c1-12-8-14-9-17(12)22-21(14)23(31)29(24(22)32)16-5-2-13(3-6-16)25(33)34-11-20(30)28-19-7-4-15(26)10-18(19)27/h2-8,10,14,17,21-22H,9,11H2,1H3,(H,28,30)/t14-,17+,21+,22-/m0/s1. The molecule has 0 aromatic heterocycles. The molecule has 174 valence electrons. The number of carbonyl (C=O) groups is 4. The van der Waals surface area contributed by atoms with Crippen LogP contribution in [-0.4, -0.2) is 30.3 Å². The lowest BCUT2D eigenvalue weighted by Gasteiger charge is -2.19. The predicted molar refractivity (Wildman–Crippen MR) is 129 cm³/mol. The van der Waals surface area contributed by atoms with E-state index in [2.05, 4.69) is 27.3 Å². The first-order valence-electron chi connectivity index (χ1n) is 10.8. The van der Waals surface area contributed by atoms with Crippen molar-refractivity contribution < 1.29 is 23.9 Å². The smallest absolute Gasteiger partial charge is 0.338 e. The van der Waals surface area contributed by atoms with Crippen LogP contribution >= 0.6 is 27.5 Å². The average molecular weight is 544 g/mol. The number of carbonyl (C=O) groups excluding carboxylic acids is 4. The Bertz CT molecular complexity index is 1260. The summed E-state index contributed by atoms with van der Waals surface area (Å²) >= 11 is 9.36. The molecule has 2 bridgehead atoms. The Morgan fingerprint density at radius 1 is 1.12 bits per heavy atom. The SMILES string of the molecule is CC1=C[C@H]2C[C@H]1[C@@H]1C(=O)N(c3ccc(C(=O)OCC(=O)Nc4ccc(Br)cc4Cl)cc3)C(=O)[C@@H]12. The number of nitrogens with zero attached hydrogens (tertiary/aromatic N) is 1. The van der Waals surface area contributed by atoms with Gasteiger partial charge in [0.15, 0.2) is 6.61 Å². The molecular weight excluding hydrogens is 524 g/mol. The van der Waals surface area contributed by atoms with Crippen molar-refractivity contribution in [3.63, 3.8) is 0 Å². The second kappa shape index (κ2) is 8.67. The van der Waals surface area contributed by atoms with E-state index in [0.717, 1.165) is 10.9 Å². The van der Waals surface area contributed by atoms with Crippen LogP contribution in [0.3, 0.4) is 0 Å². The summed E-state index contributed by atoms with van der Waals surface area (Å²) in [5, 5.41) is 2.93. The molecule has 7 nitrogen and oxygen atoms in total. The highest BCUT2D eigenvalue weighted by molar-refractivity contribution is 9.10. The molecule has 34 heavy (non-hydrogen) atoms. The summed E-state index contributed by atoms with van der Waals surface area (Å²) in [5.74, 6) is -1.88. The van der Waals surface area contributed by atoms with Crippen LogP contribution < -0.4 is 10.2 Å². The van der Waals surface area contributed by atoms with Crippen molar-refractivity contribution in [1.29, 1.82) is 0 Å². The summed E-state index contributed by atoms with van der Waals surface area (Å²) in [6.45, 7) is 1.53. The number of rotatable bonds is 5. The van der Waals surface area contributed by atoms with Gasteiger partial charge < -0.3 is 10.1 Å². The number of halogens is 2. The monoisotopic (exact) mass is 542 g/mol. The lowest BCUT2D eigenvalue weighted by molar-refractivity contribution is -0.123. The van der Waals surface area contributed by atoms with E-state index in [1.165, 1.54) is 22.6 Å². The van der Waals surface area contributed by atoms with E-state index in [1.807, 2.05) is 6.92 Å². The van der Waals surface area contributed by atoms with Crippen LogP contribution in [0.2, 0.25) is 5.02 Å². The zero-order valence-corrected chi connectivity index (χ0v) is 20.4. The fourth-order valence-electron chi connectivity index (χ4n) is 5.27. The summed E-state index contributed by atoms with van der Waals surface area (Å²) in [7, 11) is 0. The summed E-state index contributed by atoms with van der Waals surface area (Å²) in [6.07, 6.45) is 3.00. The molecule has 2 aliphatic carbocycles. The number of nitrogens with one attached hydrogen (secondary N) is 1. The minimum atomic E-state index is -0.697. The second-order valence-electron chi connectivity index (χ2n) is 8.78. The molecule has 2 aromatic rings. The Kier molecular flexibility index (Phi) is 5.81. The van der Waals surface area contributed by atoms with E-state index >= 15 is 0 Å². The van der Waals surface area contributed by atoms with Crippen molar-refractivity contribution in [1.82, 2.24) is 0 Å². The largest absolute Gasteiger partial charge is 0.452 e. The molecule has 1 aliphatic heterocycles. The number of allylic oxidation sites excluding steroid dienone is 2. The van der Waals surface area contributed by atoms with Gasteiger partial charge >= 0.3 is 5.97 Å². The van der Waals surface area contributed by atoms with Gasteiger partial charge in [0.1, 0.15) is 0 Å². The average Bonchev–Trinajstić information content (AvgIpc) is 3.44. The zero-order chi connectivity index (χ0) is 24.1. The molecule has 4 atom stereocenters. The van der Waals surface area contributed by atoms with Crippen molar-refractivity contribution in [3.05, 3.63) is 69.2 Å². The minimum Gasteiger partial charge on any atom is -0.452 e. The number of amides is 3. The Balaban J connectivity index is 1.21. The molecule has 2 aromatic carbocycles. The molecule has 5 rings (SSSR count). The van der Waals surface area contributed by atoms with Gasteiger partial charge in [-0.15, -0.1) is 0 Å². The normalized spacial score (nSPS) is 24.8. The van der Waals surface area contributed by atoms with Crippen LogP contribution in [0.4, 0.5) is 11.4 Å². The number of benzene rings is 2. The molecule has 0 spiro atoms. The third-order valence-electron chi connectivity index (χ3n) is 6.78. The molecule has 1 saturated heterocycles. The third-order valence-corrected chi connectivity index (χ3v) is 7.59. The molecule has 2 fully saturated rings. The lowest BCUT2D eigenvalue weighted by atomic mass is 9.82. The molecule has 1 saturated carbocycles. The van der Waals surface area contributed by atoms with Crippen molar-refractivity contribution >= 4 is 62.6 Å². The van der Waals surface area contributed by atoms with Crippen molar-refractivity contribution in [2.24, 2.45) is 23.7 Å². The quantitative estimate of drug-likeness (QED) is 0.338. The zero-order valence-electron chi connectivity index (χ0n) is 18.1. The van der Waals surface area contributed by atoms with E-state index < -0.39 is 18.5 Å². The Hall–Kier alpha value is -2.97. The van der Waals surface area contributed by atoms with E-state index in [-0.39, 0.29) is 41.0 Å². The third kappa shape index (κ3) is 3.84. The van der Waals surface area contributed by atoms with Gasteiger partial charge in [-0.1, -0.05) is 39.2 Å². The van der Waals surface area contributed by atoms with Crippen LogP contribution in [0.25, 0.3) is 0 Å². The first-order valence-corrected chi connectivity index (χ1v) is 12.0. The maximum Gasteiger partial charge on any atom is 0.338 e. The highest BCUT2D eigenvalue weighted by atomic mass is 79.9. The first-order chi connectivity index (χ1) is 16.2. The molecular formula is C25H20BrClN2O5. The van der Waals surface area contributed by atoms with Crippen LogP contribution in [0.1, 0.15) is 23.7 Å². The summed E-state index contributed by atoms with van der Waals surface area (Å²) in [6, 6.07) is 11.1. The summed E-state index contributed by atoms with van der Waals surface area (Å²) in [4.78, 5) is 51.8. The maximum atomic E-state index is 13.1. The fraction of sp³-hybridized carbons (Fsp3) is 0.280. The Labute approximate surface area is 209 Å². The van der Waals surface area contributed by atoms with E-state index in [9.17, 15) is 19.2 Å². The number of ether oxygens (including phenoxy) is 1. The van der Waals surface area contributed by atoms with Crippen LogP contribution in [0, 0.1) is 23.7 Å². The van der Waals surface area contributed by atoms with Gasteiger partial charge in [0.2, 0.25) is 11.8 Å². The predicted octanol–water partition coefficient (Wildman–Crippen LogP) is 4.60. The van der Waals surface area contributed by atoms with Gasteiger partial charge in [-0.2, -0.15) is 0 Å². The van der Waals surface area contributed by atoms with Gasteiger partial charge in [-0.3, -0.25) is 19.3 Å². The van der Waals surface area contributed by atoms with Crippen LogP contribution in [-0.2, 0) is 19.1 Å². The number of esters is 1. The Morgan fingerprint density at radius 2 is 1.82 bits per heavy atom. The fourth-order valence-corrected chi connectivity index (χ4v) is 5.99. The van der Waals surface area contributed by atoms with Crippen molar-refractivity contribution in [2.75, 3.05) is 16.8 Å². The molecule has 3 aliphatic rings. The topological polar surface area (TPSA) is 92.8 Å². The highest BCUT2D eigenvalue weighted by Gasteiger charge is 2.60. The number of imide groups is 1. The number of hydrogen-bond donors (Lipinski definition) is 1. The van der Waals surface area contributed by atoms with Gasteiger partial charge in [0, 0.05) is 4.47 Å². The molecule has 1 heterocycles. The highest BCUT2D eigenvalue weighted by Crippen LogP contribution is 2.55. The lowest BCUT2D eigenvalue weighted by Crippen LogP contribution is -2.33. The maximum absolute atomic E-state index is 13.1. The van der Waals surface area contributed by atoms with Crippen LogP contribution in [0.15, 0.2) is 58.6 Å². The van der Waals surface area contributed by atoms with Gasteiger partial charge in [-0.05, 0) is 67.6 Å². The van der Waals surface area contributed by atoms with Gasteiger partial charge in [0.05, 0.1) is 33.8 Å². The number of anilines is 2. The van der Waals surface area contributed by atoms with E-state index in [1.54, 1.807) is 30.3 Å². The van der Waals surface area contributed by atoms with Gasteiger partial charge in [-0.25, -0.2) is 4.79 Å². The van der Waals surface area contributed by atoms with Crippen molar-refractivity contribution in [2.45, 2.75) is 13.3 Å². The Morgan fingerprint density at radius 3 is 2.53 bits per heavy atom. The van der Waals surface area contributed by atoms with Crippen LogP contribution in [0.5, 0.6) is 0 Å². The number of hydrogen-bond acceptors (Lipinski definition) is 5. The van der Waals surface area contributed by atoms with Crippen molar-refractivity contribution in [3.8, 4) is 0 Å². The molecule has 9 heteroatoms. The molecule has 0 radical (unpaired) electrons.